The summed E-state index contributed by atoms with van der Waals surface area (Å²) in [5.74, 6) is 0.365. The molecule has 0 saturated carbocycles. The van der Waals surface area contributed by atoms with Crippen molar-refractivity contribution in [3.63, 3.8) is 0 Å². The molecule has 2 aromatic carbocycles. The van der Waals surface area contributed by atoms with Gasteiger partial charge in [0.05, 0.1) is 12.4 Å². The van der Waals surface area contributed by atoms with Crippen LogP contribution in [0.3, 0.4) is 0 Å². The lowest BCUT2D eigenvalue weighted by molar-refractivity contribution is 0.102. The Morgan fingerprint density at radius 2 is 1.77 bits per heavy atom. The van der Waals surface area contributed by atoms with Gasteiger partial charge in [-0.1, -0.05) is 47.5 Å². The van der Waals surface area contributed by atoms with E-state index in [2.05, 4.69) is 45.7 Å². The number of rotatable bonds is 5. The zero-order valence-corrected chi connectivity index (χ0v) is 15.2. The van der Waals surface area contributed by atoms with Gasteiger partial charge in [-0.15, -0.1) is 0 Å². The fourth-order valence-electron chi connectivity index (χ4n) is 2.69. The molecule has 0 aliphatic rings. The number of hydrogen-bond acceptors (Lipinski definition) is 4. The second kappa shape index (κ2) is 7.78. The molecule has 0 saturated heterocycles. The Balaban J connectivity index is 1.62. The maximum atomic E-state index is 12.3. The van der Waals surface area contributed by atoms with E-state index in [1.165, 1.54) is 17.3 Å². The minimum absolute atomic E-state index is 0.269. The van der Waals surface area contributed by atoms with Gasteiger partial charge < -0.3 is 10.6 Å². The molecule has 1 amide bonds. The van der Waals surface area contributed by atoms with Crippen molar-refractivity contribution in [3.8, 4) is 0 Å². The maximum Gasteiger partial charge on any atom is 0.275 e. The Bertz CT molecular complexity index is 920. The van der Waals surface area contributed by atoms with Crippen LogP contribution >= 0.6 is 0 Å². The van der Waals surface area contributed by atoms with E-state index in [0.717, 1.165) is 16.8 Å². The first kappa shape index (κ1) is 17.6. The van der Waals surface area contributed by atoms with Crippen LogP contribution in [0.2, 0.25) is 0 Å². The molecule has 26 heavy (non-hydrogen) atoms. The SMILES string of the molecule is Cc1cccc(CNc2cnc(C(=O)Nc3ccc(C)cc3C)cn2)c1. The van der Waals surface area contributed by atoms with Gasteiger partial charge in [0.15, 0.2) is 0 Å². The number of anilines is 2. The Morgan fingerprint density at radius 1 is 0.962 bits per heavy atom. The lowest BCUT2D eigenvalue weighted by atomic mass is 10.1. The number of hydrogen-bond donors (Lipinski definition) is 2. The summed E-state index contributed by atoms with van der Waals surface area (Å²) in [5, 5.41) is 6.09. The van der Waals surface area contributed by atoms with E-state index < -0.39 is 0 Å². The van der Waals surface area contributed by atoms with Crippen LogP contribution in [-0.2, 0) is 6.54 Å². The van der Waals surface area contributed by atoms with Crippen molar-refractivity contribution in [3.05, 3.63) is 82.8 Å². The van der Waals surface area contributed by atoms with Crippen molar-refractivity contribution in [2.24, 2.45) is 0 Å². The molecule has 0 spiro atoms. The fraction of sp³-hybridized carbons (Fsp3) is 0.190. The van der Waals surface area contributed by atoms with Gasteiger partial charge in [-0.25, -0.2) is 9.97 Å². The normalized spacial score (nSPS) is 10.4. The van der Waals surface area contributed by atoms with Gasteiger partial charge in [0.25, 0.3) is 5.91 Å². The second-order valence-corrected chi connectivity index (χ2v) is 6.40. The molecule has 1 heterocycles. The first-order valence-electron chi connectivity index (χ1n) is 8.51. The first-order valence-corrected chi connectivity index (χ1v) is 8.51. The van der Waals surface area contributed by atoms with Gasteiger partial charge in [-0.05, 0) is 38.0 Å². The molecule has 0 aliphatic carbocycles. The predicted molar refractivity (Wildman–Crippen MR) is 104 cm³/mol. The predicted octanol–water partition coefficient (Wildman–Crippen LogP) is 4.27. The van der Waals surface area contributed by atoms with Gasteiger partial charge in [-0.2, -0.15) is 0 Å². The van der Waals surface area contributed by atoms with E-state index in [1.54, 1.807) is 6.20 Å². The number of benzene rings is 2. The molecule has 5 nitrogen and oxygen atoms in total. The molecular formula is C21H22N4O. The number of nitrogens with one attached hydrogen (secondary N) is 2. The highest BCUT2D eigenvalue weighted by Gasteiger charge is 2.10. The Kier molecular flexibility index (Phi) is 5.27. The van der Waals surface area contributed by atoms with E-state index in [-0.39, 0.29) is 11.6 Å². The first-order chi connectivity index (χ1) is 12.5. The van der Waals surface area contributed by atoms with Crippen LogP contribution in [0.25, 0.3) is 0 Å². The third-order valence-corrected chi connectivity index (χ3v) is 4.07. The van der Waals surface area contributed by atoms with Gasteiger partial charge in [0.2, 0.25) is 0 Å². The second-order valence-electron chi connectivity index (χ2n) is 6.40. The molecular weight excluding hydrogens is 324 g/mol. The van der Waals surface area contributed by atoms with Crippen LogP contribution in [-0.4, -0.2) is 15.9 Å². The van der Waals surface area contributed by atoms with Crippen LogP contribution in [0.15, 0.2) is 54.9 Å². The number of carbonyl (C=O) groups excluding carboxylic acids is 1. The monoisotopic (exact) mass is 346 g/mol. The van der Waals surface area contributed by atoms with Crippen LogP contribution in [0.4, 0.5) is 11.5 Å². The van der Waals surface area contributed by atoms with Gasteiger partial charge in [0, 0.05) is 12.2 Å². The van der Waals surface area contributed by atoms with E-state index >= 15 is 0 Å². The van der Waals surface area contributed by atoms with E-state index in [1.807, 2.05) is 38.1 Å². The van der Waals surface area contributed by atoms with Crippen LogP contribution in [0.5, 0.6) is 0 Å². The average Bonchev–Trinajstić information content (AvgIpc) is 2.63. The Hall–Kier alpha value is -3.21. The minimum atomic E-state index is -0.269. The highest BCUT2D eigenvalue weighted by Crippen LogP contribution is 2.17. The summed E-state index contributed by atoms with van der Waals surface area (Å²) in [6.07, 6.45) is 3.06. The fourth-order valence-corrected chi connectivity index (χ4v) is 2.69. The number of nitrogens with zero attached hydrogens (tertiary/aromatic N) is 2. The van der Waals surface area contributed by atoms with Crippen LogP contribution in [0.1, 0.15) is 32.7 Å². The van der Waals surface area contributed by atoms with Crippen LogP contribution < -0.4 is 10.6 Å². The maximum absolute atomic E-state index is 12.3. The highest BCUT2D eigenvalue weighted by molar-refractivity contribution is 6.03. The molecule has 1 aromatic heterocycles. The van der Waals surface area contributed by atoms with E-state index in [0.29, 0.717) is 12.4 Å². The summed E-state index contributed by atoms with van der Waals surface area (Å²) in [4.78, 5) is 20.8. The quantitative estimate of drug-likeness (QED) is 0.724. The minimum Gasteiger partial charge on any atom is -0.365 e. The third-order valence-electron chi connectivity index (χ3n) is 4.07. The summed E-state index contributed by atoms with van der Waals surface area (Å²) >= 11 is 0. The van der Waals surface area contributed by atoms with Crippen molar-refractivity contribution in [2.45, 2.75) is 27.3 Å². The van der Waals surface area contributed by atoms with Crippen molar-refractivity contribution >= 4 is 17.4 Å². The molecule has 0 radical (unpaired) electrons. The van der Waals surface area contributed by atoms with Gasteiger partial charge >= 0.3 is 0 Å². The summed E-state index contributed by atoms with van der Waals surface area (Å²) in [5.41, 5.74) is 5.62. The Labute approximate surface area is 153 Å². The van der Waals surface area contributed by atoms with E-state index in [9.17, 15) is 4.79 Å². The molecule has 3 aromatic rings. The average molecular weight is 346 g/mol. The zero-order chi connectivity index (χ0) is 18.5. The van der Waals surface area contributed by atoms with Gasteiger partial charge in [0.1, 0.15) is 11.5 Å². The standard InChI is InChI=1S/C21H22N4O/c1-14-5-4-6-17(10-14)11-23-20-13-22-19(12-24-20)21(26)25-18-8-7-15(2)9-16(18)3/h4-10,12-13H,11H2,1-3H3,(H,23,24)(H,25,26). The van der Waals surface area contributed by atoms with E-state index in [4.69, 9.17) is 0 Å². The highest BCUT2D eigenvalue weighted by atomic mass is 16.1. The zero-order valence-electron chi connectivity index (χ0n) is 15.2. The molecule has 0 bridgehead atoms. The Morgan fingerprint density at radius 3 is 2.46 bits per heavy atom. The number of aryl methyl sites for hydroxylation is 3. The van der Waals surface area contributed by atoms with Crippen molar-refractivity contribution in [1.29, 1.82) is 0 Å². The number of amides is 1. The summed E-state index contributed by atoms with van der Waals surface area (Å²) in [6, 6.07) is 14.1. The van der Waals surface area contributed by atoms with Crippen molar-refractivity contribution in [1.82, 2.24) is 9.97 Å². The number of carbonyl (C=O) groups is 1. The smallest absolute Gasteiger partial charge is 0.275 e. The molecule has 0 fully saturated rings. The number of aromatic nitrogens is 2. The lowest BCUT2D eigenvalue weighted by Gasteiger charge is -2.09. The van der Waals surface area contributed by atoms with Crippen molar-refractivity contribution in [2.75, 3.05) is 10.6 Å². The molecule has 132 valence electrons. The molecule has 5 heteroatoms. The lowest BCUT2D eigenvalue weighted by Crippen LogP contribution is -2.15. The van der Waals surface area contributed by atoms with Crippen LogP contribution in [0, 0.1) is 20.8 Å². The largest absolute Gasteiger partial charge is 0.365 e. The summed E-state index contributed by atoms with van der Waals surface area (Å²) < 4.78 is 0. The summed E-state index contributed by atoms with van der Waals surface area (Å²) in [7, 11) is 0. The topological polar surface area (TPSA) is 66.9 Å². The molecule has 0 unspecified atom stereocenters. The third kappa shape index (κ3) is 4.45. The summed E-state index contributed by atoms with van der Waals surface area (Å²) in [6.45, 7) is 6.70. The molecule has 0 atom stereocenters. The van der Waals surface area contributed by atoms with Gasteiger partial charge in [-0.3, -0.25) is 4.79 Å². The molecule has 2 N–H and O–H groups in total. The van der Waals surface area contributed by atoms with Crippen molar-refractivity contribution < 1.29 is 4.79 Å². The molecule has 3 rings (SSSR count). The molecule has 0 aliphatic heterocycles.